The molecule has 2 aromatic carbocycles. The van der Waals surface area contributed by atoms with E-state index in [4.69, 9.17) is 55.4 Å². The van der Waals surface area contributed by atoms with Crippen LogP contribution < -0.4 is 0 Å². The molecule has 0 aliphatic carbocycles. The Bertz CT molecular complexity index is 1060. The van der Waals surface area contributed by atoms with E-state index in [0.29, 0.717) is 21.7 Å². The Morgan fingerprint density at radius 1 is 0.700 bits per heavy atom. The van der Waals surface area contributed by atoms with Gasteiger partial charge in [-0.25, -0.2) is 8.78 Å². The summed E-state index contributed by atoms with van der Waals surface area (Å²) in [6, 6.07) is 8.20. The molecular formula is C18H10Cl4F2N4O2. The number of nitrogens with zero attached hydrogens (tertiary/aromatic N) is 4. The van der Waals surface area contributed by atoms with Crippen LogP contribution in [-0.4, -0.2) is 20.3 Å². The molecule has 0 amide bonds. The molecule has 0 saturated heterocycles. The van der Waals surface area contributed by atoms with Crippen molar-refractivity contribution in [3.63, 3.8) is 0 Å². The van der Waals surface area contributed by atoms with Crippen molar-refractivity contribution >= 4 is 46.4 Å². The summed E-state index contributed by atoms with van der Waals surface area (Å²) < 4.78 is 36.4. The lowest BCUT2D eigenvalue weighted by atomic mass is 10.2. The van der Waals surface area contributed by atoms with E-state index < -0.39 is 11.6 Å². The number of aromatic nitrogens is 4. The molecule has 4 aromatic rings. The standard InChI is InChI=1S/2C9H5Cl2FN2O/c2*10-4-8-13-9(15-14-8)6-3-5(11)1-2-7(6)12/h2*1-3H,4H2. The topological polar surface area (TPSA) is 77.8 Å². The van der Waals surface area contributed by atoms with Gasteiger partial charge in [0.25, 0.3) is 11.8 Å². The highest BCUT2D eigenvalue weighted by Gasteiger charge is 2.14. The van der Waals surface area contributed by atoms with Crippen molar-refractivity contribution in [2.45, 2.75) is 11.8 Å². The van der Waals surface area contributed by atoms with E-state index >= 15 is 0 Å². The van der Waals surface area contributed by atoms with Crippen molar-refractivity contribution in [1.82, 2.24) is 20.3 Å². The van der Waals surface area contributed by atoms with Crippen molar-refractivity contribution in [3.8, 4) is 22.9 Å². The molecule has 0 radical (unpaired) electrons. The highest BCUT2D eigenvalue weighted by Crippen LogP contribution is 2.25. The first kappa shape index (κ1) is 22.4. The molecule has 0 aliphatic heterocycles. The molecule has 156 valence electrons. The Kier molecular flexibility index (Phi) is 7.60. The average Bonchev–Trinajstić information content (AvgIpc) is 3.41. The number of hydrogen-bond donors (Lipinski definition) is 0. The van der Waals surface area contributed by atoms with Gasteiger partial charge in [-0.3, -0.25) is 0 Å². The lowest BCUT2D eigenvalue weighted by Crippen LogP contribution is -1.85. The average molecular weight is 494 g/mol. The maximum absolute atomic E-state index is 13.3. The zero-order valence-electron chi connectivity index (χ0n) is 14.8. The molecule has 0 fully saturated rings. The van der Waals surface area contributed by atoms with Gasteiger partial charge in [0.15, 0.2) is 11.6 Å². The van der Waals surface area contributed by atoms with Gasteiger partial charge < -0.3 is 9.05 Å². The van der Waals surface area contributed by atoms with Crippen LogP contribution in [0.5, 0.6) is 0 Å². The fourth-order valence-electron chi connectivity index (χ4n) is 2.16. The maximum Gasteiger partial charge on any atom is 0.260 e. The summed E-state index contributed by atoms with van der Waals surface area (Å²) in [6.45, 7) is 0. The molecule has 12 heteroatoms. The van der Waals surface area contributed by atoms with Gasteiger partial charge in [0, 0.05) is 10.0 Å². The molecule has 0 spiro atoms. The minimum absolute atomic E-state index is 0.0747. The molecular weight excluding hydrogens is 484 g/mol. The second-order valence-corrected chi connectivity index (χ2v) is 6.95. The lowest BCUT2D eigenvalue weighted by molar-refractivity contribution is 0.422. The smallest absolute Gasteiger partial charge is 0.260 e. The third-order valence-corrected chi connectivity index (χ3v) is 4.44. The van der Waals surface area contributed by atoms with E-state index in [2.05, 4.69) is 20.3 Å². The second kappa shape index (κ2) is 10.2. The van der Waals surface area contributed by atoms with E-state index in [1.165, 1.54) is 36.4 Å². The van der Waals surface area contributed by atoms with Gasteiger partial charge in [-0.1, -0.05) is 33.5 Å². The minimum atomic E-state index is -0.468. The first-order chi connectivity index (χ1) is 14.4. The Hall–Kier alpha value is -2.26. The number of benzene rings is 2. The molecule has 0 atom stereocenters. The summed E-state index contributed by atoms with van der Waals surface area (Å²) in [6.07, 6.45) is 0. The monoisotopic (exact) mass is 492 g/mol. The van der Waals surface area contributed by atoms with Gasteiger partial charge >= 0.3 is 0 Å². The Balaban J connectivity index is 0.000000171. The van der Waals surface area contributed by atoms with Crippen LogP contribution in [0.4, 0.5) is 8.78 Å². The third-order valence-electron chi connectivity index (χ3n) is 3.49. The van der Waals surface area contributed by atoms with Crippen LogP contribution in [0, 0.1) is 11.6 Å². The van der Waals surface area contributed by atoms with E-state index in [-0.39, 0.29) is 34.7 Å². The third kappa shape index (κ3) is 5.46. The summed E-state index contributed by atoms with van der Waals surface area (Å²) >= 11 is 22.4. The molecule has 2 heterocycles. The predicted molar refractivity (Wildman–Crippen MR) is 109 cm³/mol. The number of halogens is 6. The number of hydrogen-bond acceptors (Lipinski definition) is 6. The van der Waals surface area contributed by atoms with Gasteiger partial charge in [0.1, 0.15) is 11.6 Å². The van der Waals surface area contributed by atoms with Crippen LogP contribution in [0.25, 0.3) is 22.9 Å². The number of rotatable bonds is 4. The summed E-state index contributed by atoms with van der Waals surface area (Å²) in [5, 5.41) is 7.91. The lowest BCUT2D eigenvalue weighted by Gasteiger charge is -1.96. The Morgan fingerprint density at radius 2 is 1.10 bits per heavy atom. The molecule has 0 saturated carbocycles. The normalized spacial score (nSPS) is 10.6. The van der Waals surface area contributed by atoms with Crippen molar-refractivity contribution in [1.29, 1.82) is 0 Å². The molecule has 0 aliphatic rings. The highest BCUT2D eigenvalue weighted by molar-refractivity contribution is 6.31. The summed E-state index contributed by atoms with van der Waals surface area (Å²) in [7, 11) is 0. The van der Waals surface area contributed by atoms with E-state index in [1.807, 2.05) is 0 Å². The Labute approximate surface area is 188 Å². The van der Waals surface area contributed by atoms with Gasteiger partial charge in [-0.15, -0.1) is 23.2 Å². The van der Waals surface area contributed by atoms with Crippen LogP contribution in [-0.2, 0) is 11.8 Å². The zero-order chi connectivity index (χ0) is 21.7. The van der Waals surface area contributed by atoms with E-state index in [0.717, 1.165) is 0 Å². The van der Waals surface area contributed by atoms with Crippen LogP contribution in [0.15, 0.2) is 45.4 Å². The molecule has 30 heavy (non-hydrogen) atoms. The van der Waals surface area contributed by atoms with Crippen molar-refractivity contribution in [2.75, 3.05) is 0 Å². The molecule has 6 nitrogen and oxygen atoms in total. The second-order valence-electron chi connectivity index (χ2n) is 5.55. The van der Waals surface area contributed by atoms with Crippen LogP contribution in [0.2, 0.25) is 10.0 Å². The minimum Gasteiger partial charge on any atom is -0.334 e. The van der Waals surface area contributed by atoms with Gasteiger partial charge in [-0.2, -0.15) is 9.97 Å². The van der Waals surface area contributed by atoms with Gasteiger partial charge in [0.2, 0.25) is 0 Å². The highest BCUT2D eigenvalue weighted by atomic mass is 35.5. The van der Waals surface area contributed by atoms with Crippen molar-refractivity contribution < 1.29 is 17.8 Å². The first-order valence-corrected chi connectivity index (χ1v) is 9.91. The molecule has 0 unspecified atom stereocenters. The molecule has 0 bridgehead atoms. The van der Waals surface area contributed by atoms with E-state index in [9.17, 15) is 8.78 Å². The first-order valence-electron chi connectivity index (χ1n) is 8.09. The largest absolute Gasteiger partial charge is 0.334 e. The molecule has 0 N–H and O–H groups in total. The fraction of sp³-hybridized carbons (Fsp3) is 0.111. The SMILES string of the molecule is Fc1ccc(Cl)cc1-c1nc(CCl)no1.Fc1ccc(Cl)cc1-c1nc(CCl)no1. The van der Waals surface area contributed by atoms with E-state index in [1.54, 1.807) is 0 Å². The van der Waals surface area contributed by atoms with Crippen LogP contribution >= 0.6 is 46.4 Å². The fourth-order valence-corrected chi connectivity index (χ4v) is 2.72. The molecule has 4 rings (SSSR count). The predicted octanol–water partition coefficient (Wildman–Crippen LogP) is 6.54. The van der Waals surface area contributed by atoms with Gasteiger partial charge in [0.05, 0.1) is 22.9 Å². The van der Waals surface area contributed by atoms with Crippen LogP contribution in [0.3, 0.4) is 0 Å². The number of alkyl halides is 2. The zero-order valence-corrected chi connectivity index (χ0v) is 17.8. The summed E-state index contributed by atoms with van der Waals surface area (Å²) in [5.41, 5.74) is 0.345. The summed E-state index contributed by atoms with van der Waals surface area (Å²) in [4.78, 5) is 7.79. The van der Waals surface area contributed by atoms with Crippen LogP contribution in [0.1, 0.15) is 11.6 Å². The summed E-state index contributed by atoms with van der Waals surface area (Å²) in [5.74, 6) is 0.0684. The quantitative estimate of drug-likeness (QED) is 0.300. The Morgan fingerprint density at radius 3 is 1.43 bits per heavy atom. The maximum atomic E-state index is 13.3. The van der Waals surface area contributed by atoms with Crippen molar-refractivity contribution in [3.05, 3.63) is 69.7 Å². The van der Waals surface area contributed by atoms with Crippen molar-refractivity contribution in [2.24, 2.45) is 0 Å². The molecule has 2 aromatic heterocycles. The van der Waals surface area contributed by atoms with Gasteiger partial charge in [-0.05, 0) is 36.4 Å².